The zero-order valence-corrected chi connectivity index (χ0v) is 7.73. The van der Waals surface area contributed by atoms with Crippen molar-refractivity contribution in [3.05, 3.63) is 0 Å². The quantitative estimate of drug-likeness (QED) is 0.493. The molecule has 0 aliphatic carbocycles. The first-order valence-corrected chi connectivity index (χ1v) is 4.29. The maximum Gasteiger partial charge on any atom is 0.217 e. The Balaban J connectivity index is 2.55. The van der Waals surface area contributed by atoms with E-state index in [1.807, 2.05) is 0 Å². The van der Waals surface area contributed by atoms with E-state index in [1.165, 1.54) is 6.92 Å². The van der Waals surface area contributed by atoms with E-state index in [1.54, 1.807) is 6.92 Å². The molecule has 5 heteroatoms. The minimum absolute atomic E-state index is 0.217. The van der Waals surface area contributed by atoms with Crippen molar-refractivity contribution in [3.63, 3.8) is 0 Å². The van der Waals surface area contributed by atoms with Crippen molar-refractivity contribution in [2.24, 2.45) is 0 Å². The van der Waals surface area contributed by atoms with Gasteiger partial charge in [0, 0.05) is 13.3 Å². The minimum Gasteiger partial charge on any atom is -0.388 e. The van der Waals surface area contributed by atoms with E-state index in [2.05, 4.69) is 5.32 Å². The third kappa shape index (κ3) is 2.65. The van der Waals surface area contributed by atoms with Crippen LogP contribution in [-0.2, 0) is 9.53 Å². The fourth-order valence-corrected chi connectivity index (χ4v) is 1.47. The standard InChI is InChI=1S/C8H15NO4/c1-4-8(12)6(9-5(2)10)3-7(11)13-4/h4,6-8,11-12H,3H2,1-2H3,(H,9,10)/t4-,6+,7?,8+/m1/s1. The van der Waals surface area contributed by atoms with Gasteiger partial charge in [-0.25, -0.2) is 0 Å². The predicted octanol–water partition coefficient (Wildman–Crippen LogP) is -1.02. The molecule has 1 saturated heterocycles. The van der Waals surface area contributed by atoms with E-state index in [9.17, 15) is 15.0 Å². The van der Waals surface area contributed by atoms with Crippen LogP contribution >= 0.6 is 0 Å². The fraction of sp³-hybridized carbons (Fsp3) is 0.875. The predicted molar refractivity (Wildman–Crippen MR) is 44.8 cm³/mol. The van der Waals surface area contributed by atoms with Gasteiger partial charge in [0.2, 0.25) is 5.91 Å². The lowest BCUT2D eigenvalue weighted by Gasteiger charge is -2.35. The summed E-state index contributed by atoms with van der Waals surface area (Å²) in [4.78, 5) is 10.7. The Bertz CT molecular complexity index is 197. The Labute approximate surface area is 76.7 Å². The van der Waals surface area contributed by atoms with Gasteiger partial charge >= 0.3 is 0 Å². The van der Waals surface area contributed by atoms with E-state index in [4.69, 9.17) is 4.74 Å². The third-order valence-corrected chi connectivity index (χ3v) is 2.11. The van der Waals surface area contributed by atoms with Gasteiger partial charge in [0.25, 0.3) is 0 Å². The molecule has 4 atom stereocenters. The summed E-state index contributed by atoms with van der Waals surface area (Å²) in [6, 6.07) is -0.420. The average Bonchev–Trinajstić information content (AvgIpc) is 1.98. The minimum atomic E-state index is -0.907. The number of aliphatic hydroxyl groups is 2. The van der Waals surface area contributed by atoms with Crippen molar-refractivity contribution < 1.29 is 19.7 Å². The highest BCUT2D eigenvalue weighted by molar-refractivity contribution is 5.73. The Kier molecular flexibility index (Phi) is 3.24. The van der Waals surface area contributed by atoms with Crippen LogP contribution in [0.2, 0.25) is 0 Å². The van der Waals surface area contributed by atoms with Crippen LogP contribution in [0.3, 0.4) is 0 Å². The molecule has 3 N–H and O–H groups in total. The van der Waals surface area contributed by atoms with E-state index in [0.29, 0.717) is 0 Å². The largest absolute Gasteiger partial charge is 0.388 e. The number of carbonyl (C=O) groups is 1. The van der Waals surface area contributed by atoms with Crippen molar-refractivity contribution >= 4 is 5.91 Å². The van der Waals surface area contributed by atoms with Crippen LogP contribution in [0.15, 0.2) is 0 Å². The van der Waals surface area contributed by atoms with Crippen molar-refractivity contribution in [2.75, 3.05) is 0 Å². The zero-order chi connectivity index (χ0) is 10.0. The zero-order valence-electron chi connectivity index (χ0n) is 7.73. The number of carbonyl (C=O) groups excluding carboxylic acids is 1. The summed E-state index contributed by atoms with van der Waals surface area (Å²) in [6.45, 7) is 3.03. The monoisotopic (exact) mass is 189 g/mol. The molecule has 76 valence electrons. The summed E-state index contributed by atoms with van der Waals surface area (Å²) in [5, 5.41) is 21.3. The molecular formula is C8H15NO4. The van der Waals surface area contributed by atoms with E-state index >= 15 is 0 Å². The van der Waals surface area contributed by atoms with Gasteiger partial charge in [-0.2, -0.15) is 0 Å². The first-order valence-electron chi connectivity index (χ1n) is 4.29. The second-order valence-electron chi connectivity index (χ2n) is 3.33. The number of hydrogen-bond acceptors (Lipinski definition) is 4. The van der Waals surface area contributed by atoms with Crippen molar-refractivity contribution in [2.45, 2.75) is 44.8 Å². The maximum absolute atomic E-state index is 10.7. The molecule has 0 saturated carbocycles. The number of nitrogens with one attached hydrogen (secondary N) is 1. The molecule has 5 nitrogen and oxygen atoms in total. The molecule has 0 radical (unpaired) electrons. The topological polar surface area (TPSA) is 78.8 Å². The number of hydrogen-bond donors (Lipinski definition) is 3. The first kappa shape index (κ1) is 10.4. The highest BCUT2D eigenvalue weighted by Crippen LogP contribution is 2.18. The van der Waals surface area contributed by atoms with Gasteiger partial charge in [0.1, 0.15) is 6.10 Å². The van der Waals surface area contributed by atoms with Gasteiger partial charge in [-0.1, -0.05) is 0 Å². The van der Waals surface area contributed by atoms with Crippen molar-refractivity contribution in [1.82, 2.24) is 5.32 Å². The third-order valence-electron chi connectivity index (χ3n) is 2.11. The molecule has 0 aromatic carbocycles. The average molecular weight is 189 g/mol. The normalized spacial score (nSPS) is 40.0. The molecule has 1 fully saturated rings. The lowest BCUT2D eigenvalue weighted by molar-refractivity contribution is -0.202. The van der Waals surface area contributed by atoms with Crippen LogP contribution in [0.5, 0.6) is 0 Å². The molecule has 1 rings (SSSR count). The molecule has 0 spiro atoms. The SMILES string of the molecule is CC(=O)N[C@H]1CC(O)O[C@H](C)[C@@H]1O. The molecule has 0 aromatic heterocycles. The first-order chi connectivity index (χ1) is 6.00. The van der Waals surface area contributed by atoms with Gasteiger partial charge in [-0.3, -0.25) is 4.79 Å². The summed E-state index contributed by atoms with van der Waals surface area (Å²) in [5.74, 6) is -0.217. The van der Waals surface area contributed by atoms with Crippen molar-refractivity contribution in [3.8, 4) is 0 Å². The van der Waals surface area contributed by atoms with E-state index in [-0.39, 0.29) is 12.3 Å². The summed E-state index contributed by atoms with van der Waals surface area (Å²) in [6.07, 6.45) is -1.89. The fourth-order valence-electron chi connectivity index (χ4n) is 1.47. The van der Waals surface area contributed by atoms with Gasteiger partial charge < -0.3 is 20.3 Å². The second-order valence-corrected chi connectivity index (χ2v) is 3.33. The summed E-state index contributed by atoms with van der Waals surface area (Å²) in [5.41, 5.74) is 0. The van der Waals surface area contributed by atoms with Gasteiger partial charge in [-0.15, -0.1) is 0 Å². The second kappa shape index (κ2) is 4.04. The highest BCUT2D eigenvalue weighted by Gasteiger charge is 2.34. The van der Waals surface area contributed by atoms with Crippen LogP contribution in [-0.4, -0.2) is 40.7 Å². The highest BCUT2D eigenvalue weighted by atomic mass is 16.6. The summed E-state index contributed by atoms with van der Waals surface area (Å²) in [7, 11) is 0. The van der Waals surface area contributed by atoms with Crippen LogP contribution < -0.4 is 5.32 Å². The van der Waals surface area contributed by atoms with Crippen LogP contribution in [0.1, 0.15) is 20.3 Å². The number of amides is 1. The molecule has 1 aliphatic heterocycles. The molecule has 1 aliphatic rings. The van der Waals surface area contributed by atoms with Crippen LogP contribution in [0, 0.1) is 0 Å². The Morgan fingerprint density at radius 3 is 2.69 bits per heavy atom. The van der Waals surface area contributed by atoms with Crippen molar-refractivity contribution in [1.29, 1.82) is 0 Å². The molecular weight excluding hydrogens is 174 g/mol. The molecule has 0 bridgehead atoms. The number of aliphatic hydroxyl groups excluding tert-OH is 2. The van der Waals surface area contributed by atoms with Crippen LogP contribution in [0.4, 0.5) is 0 Å². The lowest BCUT2D eigenvalue weighted by atomic mass is 10.00. The van der Waals surface area contributed by atoms with E-state index < -0.39 is 24.5 Å². The van der Waals surface area contributed by atoms with Gasteiger partial charge in [0.15, 0.2) is 6.29 Å². The molecule has 1 amide bonds. The Morgan fingerprint density at radius 1 is 1.54 bits per heavy atom. The molecule has 13 heavy (non-hydrogen) atoms. The molecule has 0 aromatic rings. The summed E-state index contributed by atoms with van der Waals surface area (Å²) < 4.78 is 4.96. The molecule has 1 unspecified atom stereocenters. The smallest absolute Gasteiger partial charge is 0.217 e. The Hall–Kier alpha value is -0.650. The lowest BCUT2D eigenvalue weighted by Crippen LogP contribution is -2.54. The Morgan fingerprint density at radius 2 is 2.15 bits per heavy atom. The maximum atomic E-state index is 10.7. The van der Waals surface area contributed by atoms with Gasteiger partial charge in [0.05, 0.1) is 12.1 Å². The number of rotatable bonds is 1. The van der Waals surface area contributed by atoms with Gasteiger partial charge in [-0.05, 0) is 6.92 Å². The number of ether oxygens (including phenoxy) is 1. The van der Waals surface area contributed by atoms with E-state index in [0.717, 1.165) is 0 Å². The van der Waals surface area contributed by atoms with Crippen LogP contribution in [0.25, 0.3) is 0 Å². The molecule has 1 heterocycles. The summed E-state index contributed by atoms with van der Waals surface area (Å²) >= 11 is 0.